The first kappa shape index (κ1) is 15.0. The monoisotopic (exact) mass is 301 g/mol. The van der Waals surface area contributed by atoms with Gasteiger partial charge in [-0.25, -0.2) is 4.68 Å². The third-order valence-electron chi connectivity index (χ3n) is 2.48. The number of aromatic nitrogens is 5. The number of nitrogens with one attached hydrogen (secondary N) is 2. The molecule has 0 amide bonds. The van der Waals surface area contributed by atoms with Crippen LogP contribution >= 0.6 is 0 Å². The Morgan fingerprint density at radius 1 is 1.19 bits per heavy atom. The SMILES string of the molecule is CNc1nc(NCCCC(F)(F)F)nc(-n2cccn2)n1. The van der Waals surface area contributed by atoms with Crippen LogP contribution in [0.2, 0.25) is 0 Å². The van der Waals surface area contributed by atoms with Gasteiger partial charge in [-0.2, -0.15) is 33.2 Å². The number of hydrogen-bond acceptors (Lipinski definition) is 6. The Morgan fingerprint density at radius 2 is 1.95 bits per heavy atom. The number of halogens is 3. The van der Waals surface area contributed by atoms with Gasteiger partial charge in [0, 0.05) is 32.4 Å². The number of anilines is 2. The Morgan fingerprint density at radius 3 is 2.57 bits per heavy atom. The highest BCUT2D eigenvalue weighted by atomic mass is 19.4. The van der Waals surface area contributed by atoms with Crippen LogP contribution in [0.15, 0.2) is 18.5 Å². The first-order valence-electron chi connectivity index (χ1n) is 6.22. The quantitative estimate of drug-likeness (QED) is 0.793. The van der Waals surface area contributed by atoms with Gasteiger partial charge in [0.2, 0.25) is 11.9 Å². The van der Waals surface area contributed by atoms with E-state index in [1.807, 2.05) is 0 Å². The molecular weight excluding hydrogens is 287 g/mol. The van der Waals surface area contributed by atoms with Crippen molar-refractivity contribution in [1.29, 1.82) is 0 Å². The average molecular weight is 301 g/mol. The molecule has 0 unspecified atom stereocenters. The topological polar surface area (TPSA) is 80.5 Å². The minimum atomic E-state index is -4.16. The Kier molecular flexibility index (Phi) is 4.55. The van der Waals surface area contributed by atoms with Crippen LogP contribution in [0, 0.1) is 0 Å². The van der Waals surface area contributed by atoms with Crippen molar-refractivity contribution in [3.63, 3.8) is 0 Å². The van der Waals surface area contributed by atoms with Crippen LogP contribution in [0.3, 0.4) is 0 Å². The fourth-order valence-electron chi connectivity index (χ4n) is 1.53. The third-order valence-corrected chi connectivity index (χ3v) is 2.48. The minimum Gasteiger partial charge on any atom is -0.357 e. The highest BCUT2D eigenvalue weighted by Crippen LogP contribution is 2.21. The average Bonchev–Trinajstić information content (AvgIpc) is 2.96. The van der Waals surface area contributed by atoms with Crippen molar-refractivity contribution in [3.05, 3.63) is 18.5 Å². The van der Waals surface area contributed by atoms with E-state index in [9.17, 15) is 13.2 Å². The zero-order chi connectivity index (χ0) is 15.3. The van der Waals surface area contributed by atoms with Crippen molar-refractivity contribution in [2.24, 2.45) is 0 Å². The minimum absolute atomic E-state index is 0.0544. The lowest BCUT2D eigenvalue weighted by Gasteiger charge is -2.09. The molecule has 2 rings (SSSR count). The van der Waals surface area contributed by atoms with E-state index in [-0.39, 0.29) is 24.9 Å². The first-order valence-corrected chi connectivity index (χ1v) is 6.22. The molecule has 10 heteroatoms. The molecule has 2 aromatic rings. The Labute approximate surface area is 118 Å². The summed E-state index contributed by atoms with van der Waals surface area (Å²) in [6, 6.07) is 1.71. The fourth-order valence-corrected chi connectivity index (χ4v) is 1.53. The van der Waals surface area contributed by atoms with Gasteiger partial charge in [-0.15, -0.1) is 0 Å². The summed E-state index contributed by atoms with van der Waals surface area (Å²) in [6.07, 6.45) is -1.84. The maximum atomic E-state index is 12.1. The van der Waals surface area contributed by atoms with Gasteiger partial charge in [-0.3, -0.25) is 0 Å². The normalized spacial score (nSPS) is 11.4. The van der Waals surface area contributed by atoms with Crippen LogP contribution in [0.1, 0.15) is 12.8 Å². The predicted molar refractivity (Wildman–Crippen MR) is 70.3 cm³/mol. The van der Waals surface area contributed by atoms with E-state index in [1.54, 1.807) is 25.5 Å². The lowest BCUT2D eigenvalue weighted by atomic mass is 10.3. The smallest absolute Gasteiger partial charge is 0.357 e. The third kappa shape index (κ3) is 4.58. The van der Waals surface area contributed by atoms with E-state index >= 15 is 0 Å². The van der Waals surface area contributed by atoms with E-state index in [1.165, 1.54) is 4.68 Å². The summed E-state index contributed by atoms with van der Waals surface area (Å²) in [5.74, 6) is 0.772. The molecule has 0 aliphatic heterocycles. The second-order valence-electron chi connectivity index (χ2n) is 4.13. The number of alkyl halides is 3. The molecule has 2 aromatic heterocycles. The van der Waals surface area contributed by atoms with E-state index in [2.05, 4.69) is 30.7 Å². The zero-order valence-corrected chi connectivity index (χ0v) is 11.2. The molecule has 0 aromatic carbocycles. The maximum Gasteiger partial charge on any atom is 0.389 e. The summed E-state index contributed by atoms with van der Waals surface area (Å²) in [6.45, 7) is 0.116. The number of rotatable bonds is 6. The lowest BCUT2D eigenvalue weighted by molar-refractivity contribution is -0.134. The van der Waals surface area contributed by atoms with Crippen LogP contribution < -0.4 is 10.6 Å². The van der Waals surface area contributed by atoms with Crippen molar-refractivity contribution in [3.8, 4) is 5.95 Å². The van der Waals surface area contributed by atoms with Crippen LogP contribution in [-0.4, -0.2) is 44.5 Å². The van der Waals surface area contributed by atoms with Gasteiger partial charge < -0.3 is 10.6 Å². The molecule has 0 radical (unpaired) electrons. The van der Waals surface area contributed by atoms with Crippen LogP contribution in [0.4, 0.5) is 25.1 Å². The van der Waals surface area contributed by atoms with Gasteiger partial charge in [-0.1, -0.05) is 0 Å². The molecule has 0 saturated carbocycles. The van der Waals surface area contributed by atoms with E-state index in [0.717, 1.165) is 0 Å². The fraction of sp³-hybridized carbons (Fsp3) is 0.455. The van der Waals surface area contributed by atoms with Gasteiger partial charge in [0.05, 0.1) is 0 Å². The molecule has 0 spiro atoms. The zero-order valence-electron chi connectivity index (χ0n) is 11.2. The second-order valence-corrected chi connectivity index (χ2v) is 4.13. The molecule has 0 aliphatic carbocycles. The second kappa shape index (κ2) is 6.37. The van der Waals surface area contributed by atoms with Gasteiger partial charge in [0.1, 0.15) is 0 Å². The molecule has 7 nitrogen and oxygen atoms in total. The summed E-state index contributed by atoms with van der Waals surface area (Å²) in [7, 11) is 1.63. The summed E-state index contributed by atoms with van der Waals surface area (Å²) in [4.78, 5) is 12.2. The highest BCUT2D eigenvalue weighted by Gasteiger charge is 2.25. The van der Waals surface area contributed by atoms with Crippen molar-refractivity contribution < 1.29 is 13.2 Å². The molecule has 0 bridgehead atoms. The van der Waals surface area contributed by atoms with Gasteiger partial charge in [0.25, 0.3) is 5.95 Å². The standard InChI is InChI=1S/C11H14F3N7/c1-15-8-18-9(16-5-2-4-11(12,13)14)20-10(19-8)21-7-3-6-17-21/h3,6-7H,2,4-5H2,1H3,(H2,15,16,18,19,20). The lowest BCUT2D eigenvalue weighted by Crippen LogP contribution is -2.14. The molecule has 2 N–H and O–H groups in total. The van der Waals surface area contributed by atoms with Crippen molar-refractivity contribution in [1.82, 2.24) is 24.7 Å². The predicted octanol–water partition coefficient (Wildman–Crippen LogP) is 1.85. The van der Waals surface area contributed by atoms with E-state index in [4.69, 9.17) is 0 Å². The molecule has 21 heavy (non-hydrogen) atoms. The summed E-state index contributed by atoms with van der Waals surface area (Å²) in [5.41, 5.74) is 0. The Bertz CT molecular complexity index is 568. The first-order chi connectivity index (χ1) is 9.98. The van der Waals surface area contributed by atoms with E-state index in [0.29, 0.717) is 5.95 Å². The largest absolute Gasteiger partial charge is 0.389 e. The molecule has 114 valence electrons. The van der Waals surface area contributed by atoms with Crippen LogP contribution in [0.25, 0.3) is 5.95 Å². The van der Waals surface area contributed by atoms with Crippen molar-refractivity contribution >= 4 is 11.9 Å². The Balaban J connectivity index is 2.04. The number of hydrogen-bond donors (Lipinski definition) is 2. The van der Waals surface area contributed by atoms with Crippen LogP contribution in [-0.2, 0) is 0 Å². The van der Waals surface area contributed by atoms with Gasteiger partial charge >= 0.3 is 6.18 Å². The molecule has 0 atom stereocenters. The highest BCUT2D eigenvalue weighted by molar-refractivity contribution is 5.37. The Hall–Kier alpha value is -2.39. The summed E-state index contributed by atoms with van der Waals surface area (Å²) >= 11 is 0. The van der Waals surface area contributed by atoms with Gasteiger partial charge in [0.15, 0.2) is 0 Å². The molecular formula is C11H14F3N7. The maximum absolute atomic E-state index is 12.1. The van der Waals surface area contributed by atoms with Gasteiger partial charge in [-0.05, 0) is 12.5 Å². The molecule has 0 saturated heterocycles. The molecule has 0 aliphatic rings. The summed E-state index contributed by atoms with van der Waals surface area (Å²) in [5, 5.41) is 9.50. The summed E-state index contributed by atoms with van der Waals surface area (Å²) < 4.78 is 37.6. The van der Waals surface area contributed by atoms with Crippen LogP contribution in [0.5, 0.6) is 0 Å². The molecule has 2 heterocycles. The number of nitrogens with zero attached hydrogens (tertiary/aromatic N) is 5. The van der Waals surface area contributed by atoms with Crippen molar-refractivity contribution in [2.75, 3.05) is 24.2 Å². The molecule has 0 fully saturated rings. The van der Waals surface area contributed by atoms with Crippen molar-refractivity contribution in [2.45, 2.75) is 19.0 Å². The van der Waals surface area contributed by atoms with E-state index < -0.39 is 12.6 Å².